The SMILES string of the molecule is COc1cccc(OC[C@H]2CCCN(Cc3nc(-c4cccs4)no3)C2)c1. The molecule has 0 amide bonds. The highest BCUT2D eigenvalue weighted by molar-refractivity contribution is 7.13. The van der Waals surface area contributed by atoms with Gasteiger partial charge in [0.1, 0.15) is 11.5 Å². The molecule has 142 valence electrons. The normalized spacial score (nSPS) is 17.7. The topological polar surface area (TPSA) is 60.6 Å². The number of hydrogen-bond donors (Lipinski definition) is 0. The first-order valence-electron chi connectivity index (χ1n) is 9.16. The van der Waals surface area contributed by atoms with E-state index in [4.69, 9.17) is 14.0 Å². The molecule has 4 rings (SSSR count). The predicted molar refractivity (Wildman–Crippen MR) is 104 cm³/mol. The zero-order chi connectivity index (χ0) is 18.5. The van der Waals surface area contributed by atoms with Gasteiger partial charge in [-0.25, -0.2) is 0 Å². The van der Waals surface area contributed by atoms with E-state index in [9.17, 15) is 0 Å². The highest BCUT2D eigenvalue weighted by Crippen LogP contribution is 2.24. The summed E-state index contributed by atoms with van der Waals surface area (Å²) in [6.07, 6.45) is 2.32. The fourth-order valence-electron chi connectivity index (χ4n) is 3.35. The Labute approximate surface area is 162 Å². The van der Waals surface area contributed by atoms with Crippen molar-refractivity contribution < 1.29 is 14.0 Å². The van der Waals surface area contributed by atoms with Crippen molar-refractivity contribution in [1.29, 1.82) is 0 Å². The van der Waals surface area contributed by atoms with Crippen LogP contribution in [0.25, 0.3) is 10.7 Å². The molecular formula is C20H23N3O3S. The molecule has 27 heavy (non-hydrogen) atoms. The van der Waals surface area contributed by atoms with Crippen molar-refractivity contribution in [3.8, 4) is 22.2 Å². The summed E-state index contributed by atoms with van der Waals surface area (Å²) in [7, 11) is 1.67. The zero-order valence-corrected chi connectivity index (χ0v) is 16.2. The summed E-state index contributed by atoms with van der Waals surface area (Å²) in [5.41, 5.74) is 0. The maximum Gasteiger partial charge on any atom is 0.241 e. The average molecular weight is 385 g/mol. The molecule has 1 aliphatic rings. The fourth-order valence-corrected chi connectivity index (χ4v) is 4.00. The third-order valence-electron chi connectivity index (χ3n) is 4.70. The molecule has 3 heterocycles. The molecule has 1 aliphatic heterocycles. The van der Waals surface area contributed by atoms with Gasteiger partial charge < -0.3 is 14.0 Å². The molecule has 7 heteroatoms. The van der Waals surface area contributed by atoms with Gasteiger partial charge in [-0.15, -0.1) is 11.3 Å². The van der Waals surface area contributed by atoms with Crippen molar-refractivity contribution >= 4 is 11.3 Å². The lowest BCUT2D eigenvalue weighted by atomic mass is 9.99. The number of piperidine rings is 1. The Morgan fingerprint density at radius 1 is 1.26 bits per heavy atom. The zero-order valence-electron chi connectivity index (χ0n) is 15.3. The second-order valence-corrected chi connectivity index (χ2v) is 7.67. The van der Waals surface area contributed by atoms with Gasteiger partial charge in [-0.3, -0.25) is 4.90 Å². The van der Waals surface area contributed by atoms with Gasteiger partial charge in [0.25, 0.3) is 0 Å². The van der Waals surface area contributed by atoms with Crippen molar-refractivity contribution in [2.24, 2.45) is 5.92 Å². The second kappa shape index (κ2) is 8.54. The summed E-state index contributed by atoms with van der Waals surface area (Å²) in [5.74, 6) is 3.51. The van der Waals surface area contributed by atoms with E-state index in [1.165, 1.54) is 6.42 Å². The molecule has 0 saturated carbocycles. The molecule has 0 unspecified atom stereocenters. The minimum atomic E-state index is 0.490. The molecule has 1 aromatic carbocycles. The molecule has 6 nitrogen and oxygen atoms in total. The Balaban J connectivity index is 1.30. The molecule has 1 saturated heterocycles. The van der Waals surface area contributed by atoms with E-state index in [1.807, 2.05) is 41.8 Å². The highest BCUT2D eigenvalue weighted by Gasteiger charge is 2.22. The van der Waals surface area contributed by atoms with Gasteiger partial charge in [0, 0.05) is 18.5 Å². The lowest BCUT2D eigenvalue weighted by molar-refractivity contribution is 0.115. The first-order chi connectivity index (χ1) is 13.3. The minimum absolute atomic E-state index is 0.490. The molecule has 1 atom stereocenters. The maximum absolute atomic E-state index is 5.98. The van der Waals surface area contributed by atoms with E-state index in [2.05, 4.69) is 15.0 Å². The summed E-state index contributed by atoms with van der Waals surface area (Å²) >= 11 is 1.62. The average Bonchev–Trinajstić information content (AvgIpc) is 3.39. The monoisotopic (exact) mass is 385 g/mol. The van der Waals surface area contributed by atoms with Crippen LogP contribution in [0, 0.1) is 5.92 Å². The molecule has 0 aliphatic carbocycles. The standard InChI is InChI=1S/C20H23N3O3S/c1-24-16-6-2-7-17(11-16)25-14-15-5-3-9-23(12-15)13-19-21-20(22-26-19)18-8-4-10-27-18/h2,4,6-8,10-11,15H,3,5,9,12-14H2,1H3/t15-/m0/s1. The van der Waals surface area contributed by atoms with Crippen molar-refractivity contribution in [2.75, 3.05) is 26.8 Å². The van der Waals surface area contributed by atoms with Crippen LogP contribution < -0.4 is 9.47 Å². The van der Waals surface area contributed by atoms with Crippen molar-refractivity contribution in [1.82, 2.24) is 15.0 Å². The van der Waals surface area contributed by atoms with Crippen LogP contribution in [0.4, 0.5) is 0 Å². The Morgan fingerprint density at radius 3 is 3.04 bits per heavy atom. The summed E-state index contributed by atoms with van der Waals surface area (Å²) in [6, 6.07) is 11.8. The number of aromatic nitrogens is 2. The summed E-state index contributed by atoms with van der Waals surface area (Å²) in [5, 5.41) is 6.11. The molecule has 2 aromatic heterocycles. The van der Waals surface area contributed by atoms with E-state index < -0.39 is 0 Å². The number of likely N-dealkylation sites (tertiary alicyclic amines) is 1. The van der Waals surface area contributed by atoms with Crippen LogP contribution in [0.5, 0.6) is 11.5 Å². The van der Waals surface area contributed by atoms with Crippen molar-refractivity contribution in [3.05, 3.63) is 47.7 Å². The number of ether oxygens (including phenoxy) is 2. The van der Waals surface area contributed by atoms with Crippen LogP contribution in [0.1, 0.15) is 18.7 Å². The van der Waals surface area contributed by atoms with Crippen LogP contribution >= 0.6 is 11.3 Å². The quantitative estimate of drug-likeness (QED) is 0.610. The third kappa shape index (κ3) is 4.67. The van der Waals surface area contributed by atoms with Crippen molar-refractivity contribution in [3.63, 3.8) is 0 Å². The number of rotatable bonds is 7. The van der Waals surface area contributed by atoms with Crippen molar-refractivity contribution in [2.45, 2.75) is 19.4 Å². The smallest absolute Gasteiger partial charge is 0.241 e. The summed E-state index contributed by atoms with van der Waals surface area (Å²) in [6.45, 7) is 3.41. The predicted octanol–water partition coefficient (Wildman–Crippen LogP) is 4.10. The minimum Gasteiger partial charge on any atom is -0.497 e. The number of benzene rings is 1. The van der Waals surface area contributed by atoms with E-state index in [-0.39, 0.29) is 0 Å². The van der Waals surface area contributed by atoms with E-state index >= 15 is 0 Å². The molecular weight excluding hydrogens is 362 g/mol. The third-order valence-corrected chi connectivity index (χ3v) is 5.56. The summed E-state index contributed by atoms with van der Waals surface area (Å²) < 4.78 is 16.7. The highest BCUT2D eigenvalue weighted by atomic mass is 32.1. The molecule has 3 aromatic rings. The van der Waals surface area contributed by atoms with E-state index in [0.717, 1.165) is 35.9 Å². The van der Waals surface area contributed by atoms with Crippen LogP contribution in [0.15, 0.2) is 46.3 Å². The van der Waals surface area contributed by atoms with Gasteiger partial charge in [-0.05, 0) is 43.0 Å². The van der Waals surface area contributed by atoms with Crippen LogP contribution in [0.3, 0.4) is 0 Å². The maximum atomic E-state index is 5.98. The van der Waals surface area contributed by atoms with Gasteiger partial charge in [0.15, 0.2) is 0 Å². The number of thiophene rings is 1. The van der Waals surface area contributed by atoms with E-state index in [0.29, 0.717) is 30.8 Å². The van der Waals surface area contributed by atoms with Crippen LogP contribution in [0.2, 0.25) is 0 Å². The fraction of sp³-hybridized carbons (Fsp3) is 0.400. The first-order valence-corrected chi connectivity index (χ1v) is 10.0. The molecule has 0 N–H and O–H groups in total. The van der Waals surface area contributed by atoms with Crippen LogP contribution in [-0.4, -0.2) is 41.8 Å². The first kappa shape index (κ1) is 18.0. The Kier molecular flexibility index (Phi) is 5.69. The van der Waals surface area contributed by atoms with E-state index in [1.54, 1.807) is 18.4 Å². The van der Waals surface area contributed by atoms with Crippen LogP contribution in [-0.2, 0) is 6.54 Å². The van der Waals surface area contributed by atoms with Gasteiger partial charge in [-0.2, -0.15) is 4.98 Å². The van der Waals surface area contributed by atoms with Gasteiger partial charge >= 0.3 is 0 Å². The number of nitrogens with zero attached hydrogens (tertiary/aromatic N) is 3. The summed E-state index contributed by atoms with van der Waals surface area (Å²) in [4.78, 5) is 7.94. The molecule has 0 bridgehead atoms. The van der Waals surface area contributed by atoms with Gasteiger partial charge in [0.2, 0.25) is 11.7 Å². The Hall–Kier alpha value is -2.38. The largest absolute Gasteiger partial charge is 0.497 e. The van der Waals surface area contributed by atoms with Gasteiger partial charge in [0.05, 0.1) is 25.1 Å². The van der Waals surface area contributed by atoms with Gasteiger partial charge in [-0.1, -0.05) is 17.3 Å². The molecule has 0 radical (unpaired) electrons. The number of methoxy groups -OCH3 is 1. The second-order valence-electron chi connectivity index (χ2n) is 6.72. The Bertz CT molecular complexity index is 850. The molecule has 0 spiro atoms. The Morgan fingerprint density at radius 2 is 2.19 bits per heavy atom. The lowest BCUT2D eigenvalue weighted by Crippen LogP contribution is -2.37. The molecule has 1 fully saturated rings. The number of hydrogen-bond acceptors (Lipinski definition) is 7. The lowest BCUT2D eigenvalue weighted by Gasteiger charge is -2.31.